The van der Waals surface area contributed by atoms with Crippen molar-refractivity contribution in [3.05, 3.63) is 69.3 Å². The van der Waals surface area contributed by atoms with Crippen molar-refractivity contribution in [2.45, 2.75) is 59.5 Å². The largest absolute Gasteiger partial charge is 0.354 e. The fraction of sp³-hybridized carbons (Fsp3) is 0.462. The molecule has 0 aliphatic carbocycles. The highest BCUT2D eigenvalue weighted by molar-refractivity contribution is 7.92. The van der Waals surface area contributed by atoms with Gasteiger partial charge >= 0.3 is 0 Å². The van der Waals surface area contributed by atoms with E-state index in [-0.39, 0.29) is 23.8 Å². The van der Waals surface area contributed by atoms with E-state index in [0.29, 0.717) is 18.5 Å². The van der Waals surface area contributed by atoms with Gasteiger partial charge in [0.05, 0.1) is 16.9 Å². The summed E-state index contributed by atoms with van der Waals surface area (Å²) in [5.41, 5.74) is 2.03. The summed E-state index contributed by atoms with van der Waals surface area (Å²) in [6.45, 7) is 7.32. The van der Waals surface area contributed by atoms with Crippen LogP contribution in [0.4, 0.5) is 11.4 Å². The number of rotatable bonds is 13. The number of carbonyl (C=O) groups excluding carboxylic acids is 2. The van der Waals surface area contributed by atoms with E-state index >= 15 is 0 Å². The van der Waals surface area contributed by atoms with Crippen molar-refractivity contribution >= 4 is 33.2 Å². The van der Waals surface area contributed by atoms with Gasteiger partial charge in [-0.3, -0.25) is 24.0 Å². The van der Waals surface area contributed by atoms with Crippen molar-refractivity contribution in [3.8, 4) is 0 Å². The molecule has 0 spiro atoms. The Morgan fingerprint density at radius 1 is 1.08 bits per heavy atom. The third kappa shape index (κ3) is 8.28. The first kappa shape index (κ1) is 29.8. The molecule has 0 heterocycles. The fourth-order valence-corrected chi connectivity index (χ4v) is 4.79. The minimum absolute atomic E-state index is 0.0424. The quantitative estimate of drug-likeness (QED) is 0.238. The number of amides is 2. The average Bonchev–Trinajstić information content (AvgIpc) is 2.83. The minimum atomic E-state index is -4.00. The van der Waals surface area contributed by atoms with Gasteiger partial charge in [0.25, 0.3) is 5.69 Å². The number of sulfonamides is 1. The number of nitrogens with one attached hydrogen (secondary N) is 1. The van der Waals surface area contributed by atoms with E-state index in [1.54, 1.807) is 13.8 Å². The van der Waals surface area contributed by atoms with Crippen LogP contribution < -0.4 is 9.62 Å². The number of nitrogens with zero attached hydrogens (tertiary/aromatic N) is 3. The van der Waals surface area contributed by atoms with E-state index in [4.69, 9.17) is 0 Å². The van der Waals surface area contributed by atoms with Gasteiger partial charge in [-0.15, -0.1) is 0 Å². The Kier molecular flexibility index (Phi) is 10.6. The lowest BCUT2D eigenvalue weighted by molar-refractivity contribution is -0.384. The monoisotopic (exact) mass is 532 g/mol. The molecule has 2 aromatic rings. The molecular weight excluding hydrogens is 496 g/mol. The van der Waals surface area contributed by atoms with Crippen LogP contribution in [0.3, 0.4) is 0 Å². The smallest absolute Gasteiger partial charge is 0.271 e. The van der Waals surface area contributed by atoms with Crippen LogP contribution >= 0.6 is 0 Å². The van der Waals surface area contributed by atoms with Crippen molar-refractivity contribution in [2.75, 3.05) is 23.7 Å². The fourth-order valence-electron chi connectivity index (χ4n) is 3.89. The van der Waals surface area contributed by atoms with Crippen molar-refractivity contribution in [1.82, 2.24) is 10.2 Å². The van der Waals surface area contributed by atoms with E-state index in [1.165, 1.54) is 17.0 Å². The zero-order valence-corrected chi connectivity index (χ0v) is 22.9. The molecule has 0 saturated carbocycles. The maximum absolute atomic E-state index is 13.7. The summed E-state index contributed by atoms with van der Waals surface area (Å²) in [4.78, 5) is 38.9. The molecule has 2 aromatic carbocycles. The van der Waals surface area contributed by atoms with Crippen LogP contribution in [0.1, 0.15) is 49.8 Å². The molecule has 0 aliphatic rings. The lowest BCUT2D eigenvalue weighted by Gasteiger charge is -2.33. The van der Waals surface area contributed by atoms with E-state index in [1.807, 2.05) is 38.1 Å². The lowest BCUT2D eigenvalue weighted by atomic mass is 10.1. The van der Waals surface area contributed by atoms with Crippen molar-refractivity contribution in [2.24, 2.45) is 0 Å². The molecule has 1 atom stereocenters. The van der Waals surface area contributed by atoms with E-state index in [0.717, 1.165) is 40.6 Å². The maximum Gasteiger partial charge on any atom is 0.271 e. The number of nitro groups is 1. The number of nitro benzene ring substituents is 1. The number of unbranched alkanes of at least 4 members (excludes halogenated alkanes) is 1. The van der Waals surface area contributed by atoms with Gasteiger partial charge in [-0.05, 0) is 37.8 Å². The molecule has 0 fully saturated rings. The van der Waals surface area contributed by atoms with E-state index in [9.17, 15) is 28.1 Å². The molecule has 2 amide bonds. The Morgan fingerprint density at radius 2 is 1.73 bits per heavy atom. The van der Waals surface area contributed by atoms with Crippen LogP contribution in [0, 0.1) is 24.0 Å². The highest BCUT2D eigenvalue weighted by Gasteiger charge is 2.32. The third-order valence-electron chi connectivity index (χ3n) is 6.04. The van der Waals surface area contributed by atoms with Crippen LogP contribution in [-0.4, -0.2) is 55.4 Å². The van der Waals surface area contributed by atoms with Gasteiger partial charge in [0, 0.05) is 25.2 Å². The molecule has 10 nitrogen and oxygen atoms in total. The van der Waals surface area contributed by atoms with Crippen LogP contribution in [0.5, 0.6) is 0 Å². The second-order valence-corrected chi connectivity index (χ2v) is 11.0. The Bertz CT molecular complexity index is 1210. The lowest BCUT2D eigenvalue weighted by Crippen LogP contribution is -2.52. The first-order chi connectivity index (χ1) is 17.4. The third-order valence-corrected chi connectivity index (χ3v) is 7.17. The van der Waals surface area contributed by atoms with Gasteiger partial charge in [-0.25, -0.2) is 8.42 Å². The summed E-state index contributed by atoms with van der Waals surface area (Å²) in [5, 5.41) is 14.2. The van der Waals surface area contributed by atoms with Crippen molar-refractivity contribution in [1.29, 1.82) is 0 Å². The van der Waals surface area contributed by atoms with E-state index < -0.39 is 33.4 Å². The number of carbonyl (C=O) groups is 2. The molecule has 1 N–H and O–H groups in total. The number of benzene rings is 2. The van der Waals surface area contributed by atoms with Gasteiger partial charge in [0.15, 0.2) is 0 Å². The highest BCUT2D eigenvalue weighted by Crippen LogP contribution is 2.28. The average molecular weight is 533 g/mol. The van der Waals surface area contributed by atoms with Crippen LogP contribution in [0.25, 0.3) is 0 Å². The summed E-state index contributed by atoms with van der Waals surface area (Å²) in [7, 11) is -4.00. The number of non-ortho nitro benzene ring substituents is 1. The van der Waals surface area contributed by atoms with Gasteiger partial charge in [-0.1, -0.05) is 56.2 Å². The van der Waals surface area contributed by atoms with Crippen molar-refractivity contribution < 1.29 is 22.9 Å². The molecule has 0 saturated heterocycles. The van der Waals surface area contributed by atoms with Crippen molar-refractivity contribution in [3.63, 3.8) is 0 Å². The Morgan fingerprint density at radius 3 is 2.27 bits per heavy atom. The second kappa shape index (κ2) is 13.2. The standard InChI is InChI=1S/C26H36N4O6S/c1-6-8-15-27-26(32)23(7-2)28(17-21-12-9-19(3)10-13-21)25(31)18-29(37(5,35)36)24-16-22(30(33)34)14-11-20(24)4/h9-14,16,23H,6-8,15,17-18H2,1-5H3,(H,27,32)/t23-/m0/s1. The maximum atomic E-state index is 13.7. The topological polar surface area (TPSA) is 130 Å². The summed E-state index contributed by atoms with van der Waals surface area (Å²) < 4.78 is 26.4. The van der Waals surface area contributed by atoms with Crippen LogP contribution in [0.15, 0.2) is 42.5 Å². The summed E-state index contributed by atoms with van der Waals surface area (Å²) in [6.07, 6.45) is 2.96. The number of hydrogen-bond donors (Lipinski definition) is 1. The number of hydrogen-bond acceptors (Lipinski definition) is 6. The Balaban J connectivity index is 2.48. The minimum Gasteiger partial charge on any atom is -0.354 e. The zero-order chi connectivity index (χ0) is 27.8. The zero-order valence-electron chi connectivity index (χ0n) is 22.1. The Hall–Kier alpha value is -3.47. The SMILES string of the molecule is CCCCNC(=O)[C@H](CC)N(Cc1ccc(C)cc1)C(=O)CN(c1cc([N+](=O)[O-])ccc1C)S(C)(=O)=O. The first-order valence-corrected chi connectivity index (χ1v) is 14.1. The van der Waals surface area contributed by atoms with Gasteiger partial charge in [-0.2, -0.15) is 0 Å². The Labute approximate surface area is 218 Å². The van der Waals surface area contributed by atoms with Gasteiger partial charge in [0.1, 0.15) is 12.6 Å². The number of anilines is 1. The van der Waals surface area contributed by atoms with Gasteiger partial charge < -0.3 is 10.2 Å². The molecule has 2 rings (SSSR count). The molecular formula is C26H36N4O6S. The normalized spacial score (nSPS) is 12.0. The molecule has 0 aliphatic heterocycles. The predicted molar refractivity (Wildman–Crippen MR) is 144 cm³/mol. The first-order valence-electron chi connectivity index (χ1n) is 12.2. The van der Waals surface area contributed by atoms with Crippen LogP contribution in [0.2, 0.25) is 0 Å². The molecule has 0 radical (unpaired) electrons. The molecule has 0 unspecified atom stereocenters. The van der Waals surface area contributed by atoms with Crippen LogP contribution in [-0.2, 0) is 26.2 Å². The highest BCUT2D eigenvalue weighted by atomic mass is 32.2. The molecule has 11 heteroatoms. The summed E-state index contributed by atoms with van der Waals surface area (Å²) >= 11 is 0. The summed E-state index contributed by atoms with van der Waals surface area (Å²) in [5.74, 6) is -0.900. The summed E-state index contributed by atoms with van der Waals surface area (Å²) in [6, 6.07) is 10.5. The van der Waals surface area contributed by atoms with E-state index in [2.05, 4.69) is 5.32 Å². The molecule has 0 aromatic heterocycles. The van der Waals surface area contributed by atoms with Gasteiger partial charge in [0.2, 0.25) is 21.8 Å². The molecule has 37 heavy (non-hydrogen) atoms. The molecule has 0 bridgehead atoms. The molecule has 202 valence electrons. The number of aryl methyl sites for hydroxylation is 2. The second-order valence-electron chi connectivity index (χ2n) is 9.07. The predicted octanol–water partition coefficient (Wildman–Crippen LogP) is 3.70.